The van der Waals surface area contributed by atoms with Gasteiger partial charge in [-0.25, -0.2) is 0 Å². The smallest absolute Gasteiger partial charge is 0.229 e. The minimum Gasteiger partial charge on any atom is -0.369 e. The average molecular weight is 273 g/mol. The first-order valence-electron chi connectivity index (χ1n) is 6.94. The summed E-state index contributed by atoms with van der Waals surface area (Å²) in [7, 11) is 1.65. The molecule has 106 valence electrons. The number of nitrogens with zero attached hydrogens (tertiary/aromatic N) is 2. The molecule has 1 aliphatic rings. The summed E-state index contributed by atoms with van der Waals surface area (Å²) in [6.07, 6.45) is 2.68. The molecule has 3 rings (SSSR count). The molecule has 1 aromatic heterocycles. The molecule has 1 aromatic carbocycles. The molecular weight excluding hydrogens is 254 g/mol. The minimum atomic E-state index is -0.288. The van der Waals surface area contributed by atoms with Crippen molar-refractivity contribution in [2.45, 2.75) is 37.3 Å². The van der Waals surface area contributed by atoms with E-state index < -0.39 is 0 Å². The topological polar surface area (TPSA) is 74.2 Å². The van der Waals surface area contributed by atoms with Crippen LogP contribution in [0.1, 0.15) is 48.6 Å². The van der Waals surface area contributed by atoms with Gasteiger partial charge >= 0.3 is 0 Å². The van der Waals surface area contributed by atoms with Crippen LogP contribution in [-0.2, 0) is 4.74 Å². The first-order chi connectivity index (χ1) is 9.78. The first-order valence-corrected chi connectivity index (χ1v) is 6.94. The Morgan fingerprint density at radius 3 is 2.75 bits per heavy atom. The van der Waals surface area contributed by atoms with Gasteiger partial charge in [-0.15, -0.1) is 0 Å². The molecule has 5 nitrogen and oxygen atoms in total. The largest absolute Gasteiger partial charge is 0.369 e. The zero-order valence-electron chi connectivity index (χ0n) is 11.5. The fourth-order valence-electron chi connectivity index (χ4n) is 2.78. The summed E-state index contributed by atoms with van der Waals surface area (Å²) in [6, 6.07) is 10.2. The SMILES string of the molecule is COC(c1ccccc1)c1noc([C@@H]2CC[C@H](N)C2)n1. The van der Waals surface area contributed by atoms with Crippen molar-refractivity contribution >= 4 is 0 Å². The van der Waals surface area contributed by atoms with Gasteiger partial charge in [0.1, 0.15) is 6.10 Å². The molecule has 1 heterocycles. The van der Waals surface area contributed by atoms with Crippen molar-refractivity contribution in [1.82, 2.24) is 10.1 Å². The Labute approximate surface area is 118 Å². The zero-order chi connectivity index (χ0) is 13.9. The number of ether oxygens (including phenoxy) is 1. The maximum absolute atomic E-state index is 5.93. The van der Waals surface area contributed by atoms with Gasteiger partial charge < -0.3 is 15.0 Å². The van der Waals surface area contributed by atoms with Crippen molar-refractivity contribution in [1.29, 1.82) is 0 Å². The van der Waals surface area contributed by atoms with E-state index in [1.54, 1.807) is 7.11 Å². The molecule has 1 fully saturated rings. The molecule has 3 atom stereocenters. The normalized spacial score (nSPS) is 23.9. The van der Waals surface area contributed by atoms with Gasteiger partial charge in [-0.3, -0.25) is 0 Å². The van der Waals surface area contributed by atoms with Crippen LogP contribution >= 0.6 is 0 Å². The third-order valence-electron chi connectivity index (χ3n) is 3.85. The Hall–Kier alpha value is -1.72. The average Bonchev–Trinajstić information content (AvgIpc) is 3.10. The molecule has 0 spiro atoms. The minimum absolute atomic E-state index is 0.252. The van der Waals surface area contributed by atoms with Crippen molar-refractivity contribution in [2.75, 3.05) is 7.11 Å². The van der Waals surface area contributed by atoms with E-state index in [9.17, 15) is 0 Å². The van der Waals surface area contributed by atoms with Gasteiger partial charge in [0.05, 0.1) is 0 Å². The second kappa shape index (κ2) is 5.73. The monoisotopic (exact) mass is 273 g/mol. The van der Waals surface area contributed by atoms with Crippen LogP contribution < -0.4 is 5.73 Å². The summed E-state index contributed by atoms with van der Waals surface area (Å²) in [5.41, 5.74) is 6.95. The van der Waals surface area contributed by atoms with Gasteiger partial charge in [-0.1, -0.05) is 35.5 Å². The number of methoxy groups -OCH3 is 1. The van der Waals surface area contributed by atoms with E-state index >= 15 is 0 Å². The highest BCUT2D eigenvalue weighted by atomic mass is 16.5. The van der Waals surface area contributed by atoms with Gasteiger partial charge in [0.25, 0.3) is 0 Å². The highest BCUT2D eigenvalue weighted by Crippen LogP contribution is 2.33. The van der Waals surface area contributed by atoms with Crippen LogP contribution in [0.15, 0.2) is 34.9 Å². The molecule has 1 aliphatic carbocycles. The molecule has 1 saturated carbocycles. The molecule has 0 bridgehead atoms. The second-order valence-electron chi connectivity index (χ2n) is 5.29. The third-order valence-corrected chi connectivity index (χ3v) is 3.85. The van der Waals surface area contributed by atoms with E-state index in [4.69, 9.17) is 15.0 Å². The molecule has 2 N–H and O–H groups in total. The molecule has 0 amide bonds. The van der Waals surface area contributed by atoms with Crippen molar-refractivity contribution in [3.63, 3.8) is 0 Å². The lowest BCUT2D eigenvalue weighted by atomic mass is 10.1. The van der Waals surface area contributed by atoms with E-state index in [1.165, 1.54) is 0 Å². The molecule has 1 unspecified atom stereocenters. The van der Waals surface area contributed by atoms with Crippen LogP contribution in [0.2, 0.25) is 0 Å². The maximum atomic E-state index is 5.93. The predicted octanol–water partition coefficient (Wildman–Crippen LogP) is 2.40. The highest BCUT2D eigenvalue weighted by Gasteiger charge is 2.29. The maximum Gasteiger partial charge on any atom is 0.229 e. The standard InChI is InChI=1S/C15H19N3O2/c1-19-13(10-5-3-2-4-6-10)14-17-15(20-18-14)11-7-8-12(16)9-11/h2-6,11-13H,7-9,16H2,1H3/t11-,12+,13?/m1/s1. The van der Waals surface area contributed by atoms with Gasteiger partial charge in [0.2, 0.25) is 11.7 Å². The Bertz CT molecular complexity index is 555. The fraction of sp³-hybridized carbons (Fsp3) is 0.467. The quantitative estimate of drug-likeness (QED) is 0.925. The van der Waals surface area contributed by atoms with Gasteiger partial charge in [0, 0.05) is 19.1 Å². The Balaban J connectivity index is 1.81. The van der Waals surface area contributed by atoms with E-state index in [-0.39, 0.29) is 12.1 Å². The van der Waals surface area contributed by atoms with Gasteiger partial charge in [-0.2, -0.15) is 4.98 Å². The van der Waals surface area contributed by atoms with Gasteiger partial charge in [0.15, 0.2) is 0 Å². The van der Waals surface area contributed by atoms with E-state index in [0.717, 1.165) is 24.8 Å². The number of benzene rings is 1. The number of rotatable bonds is 4. The lowest BCUT2D eigenvalue weighted by Crippen LogP contribution is -2.14. The van der Waals surface area contributed by atoms with E-state index in [2.05, 4.69) is 10.1 Å². The Kier molecular flexibility index (Phi) is 3.80. The highest BCUT2D eigenvalue weighted by molar-refractivity contribution is 5.22. The number of hydrogen-bond donors (Lipinski definition) is 1. The molecular formula is C15H19N3O2. The third kappa shape index (κ3) is 2.59. The van der Waals surface area contributed by atoms with Crippen LogP contribution in [-0.4, -0.2) is 23.3 Å². The molecule has 2 aromatic rings. The van der Waals surface area contributed by atoms with Crippen molar-refractivity contribution in [3.8, 4) is 0 Å². The number of hydrogen-bond acceptors (Lipinski definition) is 5. The summed E-state index contributed by atoms with van der Waals surface area (Å²) in [4.78, 5) is 4.52. The van der Waals surface area contributed by atoms with Crippen molar-refractivity contribution in [2.24, 2.45) is 5.73 Å². The van der Waals surface area contributed by atoms with Gasteiger partial charge in [-0.05, 0) is 24.8 Å². The van der Waals surface area contributed by atoms with Crippen LogP contribution in [0.4, 0.5) is 0 Å². The molecule has 5 heteroatoms. The van der Waals surface area contributed by atoms with Crippen LogP contribution in [0.3, 0.4) is 0 Å². The lowest BCUT2D eigenvalue weighted by Gasteiger charge is -2.11. The van der Waals surface area contributed by atoms with E-state index in [0.29, 0.717) is 17.6 Å². The number of nitrogens with two attached hydrogens (primary N) is 1. The summed E-state index contributed by atoms with van der Waals surface area (Å²) in [5, 5.41) is 4.08. The predicted molar refractivity (Wildman–Crippen MR) is 74.2 cm³/mol. The van der Waals surface area contributed by atoms with Crippen molar-refractivity contribution < 1.29 is 9.26 Å². The summed E-state index contributed by atoms with van der Waals surface area (Å²) in [6.45, 7) is 0. The lowest BCUT2D eigenvalue weighted by molar-refractivity contribution is 0.126. The zero-order valence-corrected chi connectivity index (χ0v) is 11.5. The summed E-state index contributed by atoms with van der Waals surface area (Å²) < 4.78 is 10.9. The second-order valence-corrected chi connectivity index (χ2v) is 5.29. The van der Waals surface area contributed by atoms with E-state index in [1.807, 2.05) is 30.3 Å². The number of aromatic nitrogens is 2. The Morgan fingerprint density at radius 1 is 1.30 bits per heavy atom. The first kappa shape index (κ1) is 13.3. The summed E-state index contributed by atoms with van der Waals surface area (Å²) >= 11 is 0. The summed E-state index contributed by atoms with van der Waals surface area (Å²) in [5.74, 6) is 1.56. The molecule has 20 heavy (non-hydrogen) atoms. The Morgan fingerprint density at radius 2 is 2.10 bits per heavy atom. The molecule has 0 saturated heterocycles. The van der Waals surface area contributed by atoms with Crippen molar-refractivity contribution in [3.05, 3.63) is 47.6 Å². The van der Waals surface area contributed by atoms with Crippen LogP contribution in [0.5, 0.6) is 0 Å². The van der Waals surface area contributed by atoms with Crippen LogP contribution in [0, 0.1) is 0 Å². The fourth-order valence-corrected chi connectivity index (χ4v) is 2.78. The van der Waals surface area contributed by atoms with Crippen LogP contribution in [0.25, 0.3) is 0 Å². The molecule has 0 radical (unpaired) electrons. The molecule has 0 aliphatic heterocycles.